The Morgan fingerprint density at radius 2 is 2.16 bits per heavy atom. The Kier molecular flexibility index (Phi) is 3.84. The van der Waals surface area contributed by atoms with Crippen molar-refractivity contribution in [3.05, 3.63) is 35.6 Å². The average molecular weight is 260 g/mol. The van der Waals surface area contributed by atoms with Crippen LogP contribution in [-0.4, -0.2) is 24.4 Å². The van der Waals surface area contributed by atoms with E-state index < -0.39 is 5.41 Å². The molecule has 1 fully saturated rings. The minimum atomic E-state index is -0.815. The molecular formula is C15H17FN2O. The first-order chi connectivity index (χ1) is 9.09. The number of carbonyl (C=O) groups is 1. The minimum absolute atomic E-state index is 0.127. The third-order valence-electron chi connectivity index (χ3n) is 3.85. The van der Waals surface area contributed by atoms with Crippen molar-refractivity contribution < 1.29 is 9.18 Å². The molecule has 4 heteroatoms. The van der Waals surface area contributed by atoms with Crippen LogP contribution in [-0.2, 0) is 11.2 Å². The zero-order valence-corrected chi connectivity index (χ0v) is 11.0. The summed E-state index contributed by atoms with van der Waals surface area (Å²) < 4.78 is 13.5. The van der Waals surface area contributed by atoms with Gasteiger partial charge in [-0.25, -0.2) is 4.39 Å². The quantitative estimate of drug-likeness (QED) is 0.835. The molecule has 1 aliphatic rings. The van der Waals surface area contributed by atoms with Gasteiger partial charge in [0, 0.05) is 13.6 Å². The molecule has 0 spiro atoms. The monoisotopic (exact) mass is 260 g/mol. The van der Waals surface area contributed by atoms with Gasteiger partial charge in [-0.2, -0.15) is 5.26 Å². The highest BCUT2D eigenvalue weighted by molar-refractivity contribution is 5.86. The number of likely N-dealkylation sites (N-methyl/N-ethyl adjacent to an activating group) is 1. The van der Waals surface area contributed by atoms with Gasteiger partial charge in [0.1, 0.15) is 11.2 Å². The first-order valence-corrected chi connectivity index (χ1v) is 6.49. The van der Waals surface area contributed by atoms with E-state index in [1.807, 2.05) is 0 Å². The van der Waals surface area contributed by atoms with E-state index in [2.05, 4.69) is 6.07 Å². The topological polar surface area (TPSA) is 44.1 Å². The Hall–Kier alpha value is -1.89. The van der Waals surface area contributed by atoms with Crippen LogP contribution in [0.4, 0.5) is 4.39 Å². The highest BCUT2D eigenvalue weighted by Crippen LogP contribution is 2.41. The molecule has 0 aromatic heterocycles. The van der Waals surface area contributed by atoms with Gasteiger partial charge in [-0.1, -0.05) is 18.2 Å². The lowest BCUT2D eigenvalue weighted by molar-refractivity contribution is -0.141. The number of nitrogens with zero attached hydrogens (tertiary/aromatic N) is 2. The fraction of sp³-hybridized carbons (Fsp3) is 0.467. The van der Waals surface area contributed by atoms with Crippen LogP contribution in [0.15, 0.2) is 24.3 Å². The second kappa shape index (κ2) is 5.40. The number of halogens is 1. The molecule has 0 saturated heterocycles. The minimum Gasteiger partial charge on any atom is -0.344 e. The number of hydrogen-bond acceptors (Lipinski definition) is 2. The summed E-state index contributed by atoms with van der Waals surface area (Å²) in [7, 11) is 1.68. The molecule has 19 heavy (non-hydrogen) atoms. The molecule has 0 heterocycles. The summed E-state index contributed by atoms with van der Waals surface area (Å²) in [5.41, 5.74) is -0.217. The Morgan fingerprint density at radius 3 is 2.68 bits per heavy atom. The van der Waals surface area contributed by atoms with Gasteiger partial charge < -0.3 is 4.90 Å². The molecule has 1 aromatic carbocycles. The van der Waals surface area contributed by atoms with E-state index in [9.17, 15) is 9.18 Å². The molecule has 0 unspecified atom stereocenters. The molecule has 1 aromatic rings. The maximum Gasteiger partial charge on any atom is 0.242 e. The fourth-order valence-electron chi connectivity index (χ4n) is 2.36. The molecule has 100 valence electrons. The maximum atomic E-state index is 13.5. The molecule has 1 amide bonds. The van der Waals surface area contributed by atoms with Gasteiger partial charge in [0.15, 0.2) is 0 Å². The van der Waals surface area contributed by atoms with Crippen LogP contribution in [0, 0.1) is 22.6 Å². The van der Waals surface area contributed by atoms with Crippen molar-refractivity contribution in [2.24, 2.45) is 5.41 Å². The van der Waals surface area contributed by atoms with E-state index in [1.165, 1.54) is 6.07 Å². The van der Waals surface area contributed by atoms with Gasteiger partial charge >= 0.3 is 0 Å². The summed E-state index contributed by atoms with van der Waals surface area (Å²) >= 11 is 0. The standard InChI is InChI=1S/C15H17FN2O/c1-18(14(19)15(11-17)8-4-9-15)10-7-12-5-2-3-6-13(12)16/h2-3,5-6H,4,7-10H2,1H3. The molecule has 3 nitrogen and oxygen atoms in total. The van der Waals surface area contributed by atoms with Crippen LogP contribution in [0.3, 0.4) is 0 Å². The van der Waals surface area contributed by atoms with Crippen molar-refractivity contribution >= 4 is 5.91 Å². The van der Waals surface area contributed by atoms with Crippen LogP contribution < -0.4 is 0 Å². The summed E-state index contributed by atoms with van der Waals surface area (Å²) in [5.74, 6) is -0.375. The van der Waals surface area contributed by atoms with Gasteiger partial charge in [-0.3, -0.25) is 4.79 Å². The summed E-state index contributed by atoms with van der Waals surface area (Å²) in [6.45, 7) is 0.434. The average Bonchev–Trinajstić information content (AvgIpc) is 2.36. The molecule has 0 radical (unpaired) electrons. The largest absolute Gasteiger partial charge is 0.344 e. The molecular weight excluding hydrogens is 243 g/mol. The van der Waals surface area contributed by atoms with Crippen LogP contribution in [0.25, 0.3) is 0 Å². The van der Waals surface area contributed by atoms with E-state index >= 15 is 0 Å². The fourth-order valence-corrected chi connectivity index (χ4v) is 2.36. The lowest BCUT2D eigenvalue weighted by Gasteiger charge is -2.36. The molecule has 2 rings (SSSR count). The summed E-state index contributed by atoms with van der Waals surface area (Å²) in [6, 6.07) is 8.70. The second-order valence-corrected chi connectivity index (χ2v) is 5.12. The van der Waals surface area contributed by atoms with E-state index in [1.54, 1.807) is 30.1 Å². The Labute approximate surface area is 112 Å². The Balaban J connectivity index is 1.95. The Morgan fingerprint density at radius 1 is 1.47 bits per heavy atom. The van der Waals surface area contributed by atoms with Crippen LogP contribution in [0.5, 0.6) is 0 Å². The molecule has 0 bridgehead atoms. The molecule has 0 aliphatic heterocycles. The van der Waals surface area contributed by atoms with Crippen LogP contribution in [0.1, 0.15) is 24.8 Å². The van der Waals surface area contributed by atoms with E-state index in [0.717, 1.165) is 6.42 Å². The van der Waals surface area contributed by atoms with Gasteiger partial charge in [0.25, 0.3) is 0 Å². The van der Waals surface area contributed by atoms with Gasteiger partial charge in [-0.05, 0) is 37.3 Å². The first-order valence-electron chi connectivity index (χ1n) is 6.49. The smallest absolute Gasteiger partial charge is 0.242 e. The predicted molar refractivity (Wildman–Crippen MR) is 69.6 cm³/mol. The van der Waals surface area contributed by atoms with Crippen molar-refractivity contribution in [2.75, 3.05) is 13.6 Å². The molecule has 0 atom stereocenters. The van der Waals surface area contributed by atoms with Crippen molar-refractivity contribution in [1.29, 1.82) is 5.26 Å². The predicted octanol–water partition coefficient (Wildman–Crippen LogP) is 2.52. The highest BCUT2D eigenvalue weighted by Gasteiger charge is 2.45. The number of carbonyl (C=O) groups excluding carboxylic acids is 1. The first kappa shape index (κ1) is 13.5. The van der Waals surface area contributed by atoms with Gasteiger partial charge in [-0.15, -0.1) is 0 Å². The normalized spacial score (nSPS) is 16.3. The molecule has 1 aliphatic carbocycles. The van der Waals surface area contributed by atoms with Crippen molar-refractivity contribution in [3.63, 3.8) is 0 Å². The zero-order chi connectivity index (χ0) is 13.9. The summed E-state index contributed by atoms with van der Waals surface area (Å²) in [5, 5.41) is 9.13. The number of rotatable bonds is 4. The van der Waals surface area contributed by atoms with Crippen molar-refractivity contribution in [3.8, 4) is 6.07 Å². The van der Waals surface area contributed by atoms with Gasteiger partial charge in [0.05, 0.1) is 6.07 Å². The third-order valence-corrected chi connectivity index (χ3v) is 3.85. The van der Waals surface area contributed by atoms with Crippen molar-refractivity contribution in [2.45, 2.75) is 25.7 Å². The van der Waals surface area contributed by atoms with Gasteiger partial charge in [0.2, 0.25) is 5.91 Å². The SMILES string of the molecule is CN(CCc1ccccc1F)C(=O)C1(C#N)CCC1. The second-order valence-electron chi connectivity index (χ2n) is 5.12. The lowest BCUT2D eigenvalue weighted by Crippen LogP contribution is -2.46. The number of amides is 1. The van der Waals surface area contributed by atoms with Crippen LogP contribution in [0.2, 0.25) is 0 Å². The van der Waals surface area contributed by atoms with E-state index in [4.69, 9.17) is 5.26 Å². The van der Waals surface area contributed by atoms with Crippen molar-refractivity contribution in [1.82, 2.24) is 4.90 Å². The molecule has 0 N–H and O–H groups in total. The van der Waals surface area contributed by atoms with E-state index in [0.29, 0.717) is 31.4 Å². The van der Waals surface area contributed by atoms with E-state index in [-0.39, 0.29) is 11.7 Å². The number of nitriles is 1. The molecule has 1 saturated carbocycles. The number of hydrogen-bond donors (Lipinski definition) is 0. The summed E-state index contributed by atoms with van der Waals surface area (Å²) in [6.07, 6.45) is 2.69. The summed E-state index contributed by atoms with van der Waals surface area (Å²) in [4.78, 5) is 13.7. The lowest BCUT2D eigenvalue weighted by atomic mass is 9.69. The highest BCUT2D eigenvalue weighted by atomic mass is 19.1. The van der Waals surface area contributed by atoms with Crippen LogP contribution >= 0.6 is 0 Å². The maximum absolute atomic E-state index is 13.5. The third kappa shape index (κ3) is 2.60. The zero-order valence-electron chi connectivity index (χ0n) is 11.0. The number of benzene rings is 1. The Bertz CT molecular complexity index is 517.